The van der Waals surface area contributed by atoms with E-state index in [2.05, 4.69) is 20.3 Å². The lowest BCUT2D eigenvalue weighted by molar-refractivity contribution is -0.143. The first-order valence-electron chi connectivity index (χ1n) is 6.77. The monoisotopic (exact) mass is 358 g/mol. The van der Waals surface area contributed by atoms with Crippen LogP contribution in [0.5, 0.6) is 0 Å². The van der Waals surface area contributed by atoms with Crippen molar-refractivity contribution in [3.05, 3.63) is 54.0 Å². The molecule has 4 nitrogen and oxygen atoms in total. The van der Waals surface area contributed by atoms with Gasteiger partial charge in [0.15, 0.2) is 5.82 Å². The molecule has 1 N–H and O–H groups in total. The normalized spacial score (nSPS) is 12.4. The maximum Gasteiger partial charge on any atom is 0.416 e. The number of nitrogens with zero attached hydrogens (tertiary/aromatic N) is 3. The van der Waals surface area contributed by atoms with Crippen molar-refractivity contribution in [2.45, 2.75) is 12.4 Å². The van der Waals surface area contributed by atoms with Crippen LogP contribution in [0.25, 0.3) is 11.0 Å². The van der Waals surface area contributed by atoms with Crippen LogP contribution in [0, 0.1) is 0 Å². The van der Waals surface area contributed by atoms with E-state index < -0.39 is 29.2 Å². The third-order valence-corrected chi connectivity index (χ3v) is 3.24. The van der Waals surface area contributed by atoms with Gasteiger partial charge in [-0.15, -0.1) is 0 Å². The number of nitrogens with one attached hydrogen (secondary N) is 1. The third-order valence-electron chi connectivity index (χ3n) is 3.24. The third kappa shape index (κ3) is 3.62. The summed E-state index contributed by atoms with van der Waals surface area (Å²) in [4.78, 5) is 11.7. The minimum absolute atomic E-state index is 0.00181. The Labute approximate surface area is 136 Å². The zero-order valence-corrected chi connectivity index (χ0v) is 12.2. The van der Waals surface area contributed by atoms with Gasteiger partial charge in [-0.05, 0) is 30.3 Å². The molecule has 0 aliphatic rings. The van der Waals surface area contributed by atoms with Crippen molar-refractivity contribution < 1.29 is 26.3 Å². The predicted octanol–water partition coefficient (Wildman–Crippen LogP) is 4.81. The minimum atomic E-state index is -4.93. The molecule has 10 heteroatoms. The lowest BCUT2D eigenvalue weighted by Gasteiger charge is -2.15. The maximum atomic E-state index is 12.9. The molecular formula is C15H8F6N4. The fourth-order valence-corrected chi connectivity index (χ4v) is 2.15. The number of anilines is 2. The van der Waals surface area contributed by atoms with Crippen LogP contribution >= 0.6 is 0 Å². The molecule has 0 amide bonds. The molecule has 0 aliphatic carbocycles. The van der Waals surface area contributed by atoms with E-state index in [4.69, 9.17) is 0 Å². The number of aromatic nitrogens is 3. The van der Waals surface area contributed by atoms with Crippen LogP contribution in [0.15, 0.2) is 42.9 Å². The van der Waals surface area contributed by atoms with Gasteiger partial charge in [0.25, 0.3) is 0 Å². The van der Waals surface area contributed by atoms with E-state index in [1.54, 1.807) is 12.1 Å². The van der Waals surface area contributed by atoms with Crippen molar-refractivity contribution in [3.8, 4) is 0 Å². The average molecular weight is 358 g/mol. The first-order chi connectivity index (χ1) is 11.6. The fraction of sp³-hybridized carbons (Fsp3) is 0.133. The highest BCUT2D eigenvalue weighted by molar-refractivity contribution is 5.86. The predicted molar refractivity (Wildman–Crippen MR) is 77.1 cm³/mol. The number of fused-ring (bicyclic) bond motifs is 1. The number of hydrogen-bond acceptors (Lipinski definition) is 4. The molecule has 0 aliphatic heterocycles. The highest BCUT2D eigenvalue weighted by atomic mass is 19.4. The smallest absolute Gasteiger partial charge is 0.338 e. The molecule has 3 aromatic rings. The number of rotatable bonds is 2. The van der Waals surface area contributed by atoms with E-state index in [0.29, 0.717) is 17.6 Å². The molecule has 1 aromatic carbocycles. The van der Waals surface area contributed by atoms with Gasteiger partial charge in [-0.1, -0.05) is 0 Å². The van der Waals surface area contributed by atoms with Crippen molar-refractivity contribution >= 4 is 22.5 Å². The number of hydrogen-bond donors (Lipinski definition) is 1. The Morgan fingerprint density at radius 3 is 2.04 bits per heavy atom. The second-order valence-corrected chi connectivity index (χ2v) is 5.01. The summed E-state index contributed by atoms with van der Waals surface area (Å²) < 4.78 is 77.4. The summed E-state index contributed by atoms with van der Waals surface area (Å²) >= 11 is 0. The molecule has 0 radical (unpaired) electrons. The molecule has 3 rings (SSSR count). The molecule has 2 aromatic heterocycles. The highest BCUT2D eigenvalue weighted by Crippen LogP contribution is 2.38. The number of pyridine rings is 1. The Morgan fingerprint density at radius 1 is 0.800 bits per heavy atom. The second-order valence-electron chi connectivity index (χ2n) is 5.01. The van der Waals surface area contributed by atoms with Crippen molar-refractivity contribution in [3.63, 3.8) is 0 Å². The number of alkyl halides is 6. The molecule has 0 atom stereocenters. The first-order valence-corrected chi connectivity index (χ1v) is 6.77. The lowest BCUT2D eigenvalue weighted by Crippen LogP contribution is -2.11. The number of halogens is 6. The van der Waals surface area contributed by atoms with E-state index in [1.807, 2.05) is 0 Å². The summed E-state index contributed by atoms with van der Waals surface area (Å²) in [5.74, 6) is -0.00181. The summed E-state index contributed by atoms with van der Waals surface area (Å²) in [6.07, 6.45) is -7.32. The van der Waals surface area contributed by atoms with E-state index in [1.165, 1.54) is 6.20 Å². The summed E-state index contributed by atoms with van der Waals surface area (Å²) in [7, 11) is 0. The summed E-state index contributed by atoms with van der Waals surface area (Å²) in [6, 6.07) is 4.38. The van der Waals surface area contributed by atoms with Crippen LogP contribution in [0.3, 0.4) is 0 Å². The van der Waals surface area contributed by atoms with Crippen LogP contribution in [-0.4, -0.2) is 15.0 Å². The Kier molecular flexibility index (Phi) is 3.97. The Hall–Kier alpha value is -2.91. The van der Waals surface area contributed by atoms with Gasteiger partial charge in [-0.2, -0.15) is 26.3 Å². The molecule has 2 heterocycles. The van der Waals surface area contributed by atoms with Gasteiger partial charge in [0.2, 0.25) is 0 Å². The lowest BCUT2D eigenvalue weighted by atomic mass is 10.1. The SMILES string of the molecule is FC(F)(F)c1cc(Nc2ncnc3cccnc23)cc(C(F)(F)F)c1. The van der Waals surface area contributed by atoms with E-state index in [0.717, 1.165) is 6.33 Å². The average Bonchev–Trinajstić information content (AvgIpc) is 2.53. The molecule has 0 unspecified atom stereocenters. The van der Waals surface area contributed by atoms with Crippen LogP contribution in [0.4, 0.5) is 37.8 Å². The van der Waals surface area contributed by atoms with Gasteiger partial charge in [0.05, 0.1) is 16.6 Å². The Bertz CT molecular complexity index is 882. The van der Waals surface area contributed by atoms with Crippen molar-refractivity contribution in [1.29, 1.82) is 0 Å². The molecule has 0 spiro atoms. The van der Waals surface area contributed by atoms with Crippen LogP contribution in [0.2, 0.25) is 0 Å². The molecule has 130 valence electrons. The molecule has 0 bridgehead atoms. The van der Waals surface area contributed by atoms with Gasteiger partial charge < -0.3 is 5.32 Å². The topological polar surface area (TPSA) is 50.7 Å². The fourth-order valence-electron chi connectivity index (χ4n) is 2.15. The van der Waals surface area contributed by atoms with E-state index in [-0.39, 0.29) is 17.4 Å². The van der Waals surface area contributed by atoms with Gasteiger partial charge in [-0.3, -0.25) is 4.98 Å². The Morgan fingerprint density at radius 2 is 1.44 bits per heavy atom. The van der Waals surface area contributed by atoms with E-state index >= 15 is 0 Å². The zero-order chi connectivity index (χ0) is 18.2. The van der Waals surface area contributed by atoms with Gasteiger partial charge in [0, 0.05) is 11.9 Å². The zero-order valence-electron chi connectivity index (χ0n) is 12.2. The summed E-state index contributed by atoms with van der Waals surface area (Å²) in [5.41, 5.74) is -2.64. The quantitative estimate of drug-likeness (QED) is 0.668. The standard InChI is InChI=1S/C15H8F6N4/c16-14(17,18)8-4-9(15(19,20)21)6-10(5-8)25-13-12-11(23-7-24-13)2-1-3-22-12/h1-7H,(H,23,24,25). The molecule has 0 saturated carbocycles. The largest absolute Gasteiger partial charge is 0.416 e. The van der Waals surface area contributed by atoms with E-state index in [9.17, 15) is 26.3 Å². The van der Waals surface area contributed by atoms with Gasteiger partial charge >= 0.3 is 12.4 Å². The van der Waals surface area contributed by atoms with Crippen LogP contribution in [0.1, 0.15) is 11.1 Å². The molecule has 25 heavy (non-hydrogen) atoms. The van der Waals surface area contributed by atoms with Crippen molar-refractivity contribution in [2.24, 2.45) is 0 Å². The maximum absolute atomic E-state index is 12.9. The second kappa shape index (κ2) is 5.87. The van der Waals surface area contributed by atoms with Crippen molar-refractivity contribution in [2.75, 3.05) is 5.32 Å². The summed E-state index contributed by atoms with van der Waals surface area (Å²) in [5, 5.41) is 2.46. The van der Waals surface area contributed by atoms with Gasteiger partial charge in [0.1, 0.15) is 11.8 Å². The molecule has 0 saturated heterocycles. The Balaban J connectivity index is 2.10. The van der Waals surface area contributed by atoms with Crippen molar-refractivity contribution in [1.82, 2.24) is 15.0 Å². The van der Waals surface area contributed by atoms with Gasteiger partial charge in [-0.25, -0.2) is 9.97 Å². The van der Waals surface area contributed by atoms with Crippen LogP contribution < -0.4 is 5.32 Å². The molecular weight excluding hydrogens is 350 g/mol. The minimum Gasteiger partial charge on any atom is -0.338 e. The first kappa shape index (κ1) is 16.9. The highest BCUT2D eigenvalue weighted by Gasteiger charge is 2.37. The number of benzene rings is 1. The molecule has 0 fully saturated rings. The summed E-state index contributed by atoms with van der Waals surface area (Å²) in [6.45, 7) is 0. The van der Waals surface area contributed by atoms with Crippen LogP contribution in [-0.2, 0) is 12.4 Å².